The first-order chi connectivity index (χ1) is 12.1. The Morgan fingerprint density at radius 2 is 1.84 bits per heavy atom. The summed E-state index contributed by atoms with van der Waals surface area (Å²) in [6.07, 6.45) is 3.62. The Morgan fingerprint density at radius 1 is 1.08 bits per heavy atom. The third-order valence-corrected chi connectivity index (χ3v) is 5.25. The second-order valence-electron chi connectivity index (χ2n) is 6.21. The molecule has 0 aliphatic carbocycles. The van der Waals surface area contributed by atoms with Crippen LogP contribution >= 0.6 is 11.3 Å². The first-order valence-electron chi connectivity index (χ1n) is 8.62. The molecule has 132 valence electrons. The number of para-hydroxylation sites is 2. The monoisotopic (exact) mass is 357 g/mol. The lowest BCUT2D eigenvalue weighted by molar-refractivity contribution is -0.115. The highest BCUT2D eigenvalue weighted by Crippen LogP contribution is 2.28. The van der Waals surface area contributed by atoms with E-state index in [0.29, 0.717) is 4.88 Å². The van der Waals surface area contributed by atoms with Crippen LogP contribution in [0.15, 0.2) is 36.4 Å². The standard InChI is InChI=1S/C19H23N3O2S/c1-14-9-10-17(25-14)19(24)20-13-18(23)21-15-7-3-4-8-16(15)22-11-5-2-6-12-22/h3-4,7-10H,2,5-6,11-13H2,1H3,(H,20,24)(H,21,23). The average Bonchev–Trinajstić information content (AvgIpc) is 3.07. The molecule has 25 heavy (non-hydrogen) atoms. The Balaban J connectivity index is 1.58. The molecule has 5 nitrogen and oxygen atoms in total. The fourth-order valence-electron chi connectivity index (χ4n) is 2.99. The number of piperidine rings is 1. The molecule has 1 saturated heterocycles. The van der Waals surface area contributed by atoms with Gasteiger partial charge in [0.2, 0.25) is 5.91 Å². The van der Waals surface area contributed by atoms with Crippen molar-refractivity contribution in [1.82, 2.24) is 5.32 Å². The zero-order chi connectivity index (χ0) is 17.6. The maximum absolute atomic E-state index is 12.2. The second-order valence-corrected chi connectivity index (χ2v) is 7.49. The number of carbonyl (C=O) groups excluding carboxylic acids is 2. The summed E-state index contributed by atoms with van der Waals surface area (Å²) in [4.78, 5) is 28.3. The predicted molar refractivity (Wildman–Crippen MR) is 103 cm³/mol. The highest BCUT2D eigenvalue weighted by molar-refractivity contribution is 7.13. The number of nitrogens with zero attached hydrogens (tertiary/aromatic N) is 1. The molecule has 1 fully saturated rings. The zero-order valence-electron chi connectivity index (χ0n) is 14.4. The number of nitrogens with one attached hydrogen (secondary N) is 2. The average molecular weight is 357 g/mol. The smallest absolute Gasteiger partial charge is 0.261 e. The summed E-state index contributed by atoms with van der Waals surface area (Å²) in [6, 6.07) is 11.5. The van der Waals surface area contributed by atoms with Gasteiger partial charge in [0.25, 0.3) is 5.91 Å². The maximum Gasteiger partial charge on any atom is 0.261 e. The molecule has 0 saturated carbocycles. The summed E-state index contributed by atoms with van der Waals surface area (Å²) in [5.41, 5.74) is 1.85. The number of hydrogen-bond acceptors (Lipinski definition) is 4. The van der Waals surface area contributed by atoms with E-state index in [9.17, 15) is 9.59 Å². The minimum Gasteiger partial charge on any atom is -0.370 e. The molecule has 2 aromatic rings. The minimum absolute atomic E-state index is 0.0376. The Bertz CT molecular complexity index is 751. The van der Waals surface area contributed by atoms with E-state index in [1.54, 1.807) is 6.07 Å². The second kappa shape index (κ2) is 8.16. The number of anilines is 2. The predicted octanol–water partition coefficient (Wildman–Crippen LogP) is 3.42. The molecule has 2 heterocycles. The summed E-state index contributed by atoms with van der Waals surface area (Å²) in [5.74, 6) is -0.427. The van der Waals surface area contributed by atoms with Crippen LogP contribution in [0.2, 0.25) is 0 Å². The van der Waals surface area contributed by atoms with Gasteiger partial charge in [-0.2, -0.15) is 0 Å². The fourth-order valence-corrected chi connectivity index (χ4v) is 3.77. The van der Waals surface area contributed by atoms with Gasteiger partial charge in [-0.1, -0.05) is 12.1 Å². The molecule has 0 radical (unpaired) electrons. The third-order valence-electron chi connectivity index (χ3n) is 4.25. The minimum atomic E-state index is -0.217. The maximum atomic E-state index is 12.2. The van der Waals surface area contributed by atoms with Crippen molar-refractivity contribution in [2.75, 3.05) is 29.9 Å². The number of benzene rings is 1. The van der Waals surface area contributed by atoms with Gasteiger partial charge >= 0.3 is 0 Å². The van der Waals surface area contributed by atoms with Gasteiger partial charge in [-0.15, -0.1) is 11.3 Å². The number of aryl methyl sites for hydroxylation is 1. The Morgan fingerprint density at radius 3 is 2.56 bits per heavy atom. The van der Waals surface area contributed by atoms with E-state index in [2.05, 4.69) is 15.5 Å². The molecule has 1 aromatic heterocycles. The lowest BCUT2D eigenvalue weighted by atomic mass is 10.1. The first kappa shape index (κ1) is 17.5. The molecule has 2 amide bonds. The van der Waals surface area contributed by atoms with E-state index in [1.807, 2.05) is 37.3 Å². The van der Waals surface area contributed by atoms with Crippen LogP contribution in [0.25, 0.3) is 0 Å². The molecule has 0 spiro atoms. The van der Waals surface area contributed by atoms with Gasteiger partial charge in [0.1, 0.15) is 0 Å². The van der Waals surface area contributed by atoms with Crippen LogP contribution in [0.1, 0.15) is 33.8 Å². The molecular formula is C19H23N3O2S. The van der Waals surface area contributed by atoms with Gasteiger partial charge in [-0.05, 0) is 50.5 Å². The van der Waals surface area contributed by atoms with E-state index >= 15 is 0 Å². The molecule has 0 bridgehead atoms. The van der Waals surface area contributed by atoms with Crippen LogP contribution in [-0.4, -0.2) is 31.4 Å². The summed E-state index contributed by atoms with van der Waals surface area (Å²) < 4.78 is 0. The Kier molecular flexibility index (Phi) is 5.71. The van der Waals surface area contributed by atoms with Crippen molar-refractivity contribution in [2.45, 2.75) is 26.2 Å². The van der Waals surface area contributed by atoms with E-state index in [1.165, 1.54) is 30.6 Å². The SMILES string of the molecule is Cc1ccc(C(=O)NCC(=O)Nc2ccccc2N2CCCCC2)s1. The third kappa shape index (κ3) is 4.60. The van der Waals surface area contributed by atoms with Gasteiger partial charge in [-0.25, -0.2) is 0 Å². The number of thiophene rings is 1. The highest BCUT2D eigenvalue weighted by Gasteiger charge is 2.16. The number of hydrogen-bond donors (Lipinski definition) is 2. The molecule has 0 unspecified atom stereocenters. The molecule has 0 atom stereocenters. The van der Waals surface area contributed by atoms with Crippen LogP contribution < -0.4 is 15.5 Å². The fraction of sp³-hybridized carbons (Fsp3) is 0.368. The number of rotatable bonds is 5. The summed E-state index contributed by atoms with van der Waals surface area (Å²) >= 11 is 1.42. The molecule has 6 heteroatoms. The van der Waals surface area contributed by atoms with Gasteiger partial charge in [-0.3, -0.25) is 9.59 Å². The molecule has 1 aliphatic heterocycles. The van der Waals surface area contributed by atoms with E-state index in [4.69, 9.17) is 0 Å². The normalized spacial score (nSPS) is 14.2. The van der Waals surface area contributed by atoms with E-state index in [-0.39, 0.29) is 18.4 Å². The van der Waals surface area contributed by atoms with Crippen molar-refractivity contribution in [3.8, 4) is 0 Å². The van der Waals surface area contributed by atoms with Crippen molar-refractivity contribution >= 4 is 34.5 Å². The zero-order valence-corrected chi connectivity index (χ0v) is 15.2. The summed E-state index contributed by atoms with van der Waals surface area (Å²) in [7, 11) is 0. The van der Waals surface area contributed by atoms with Crippen molar-refractivity contribution in [3.05, 3.63) is 46.2 Å². The highest BCUT2D eigenvalue weighted by atomic mass is 32.1. The van der Waals surface area contributed by atoms with Gasteiger partial charge in [0.15, 0.2) is 0 Å². The summed E-state index contributed by atoms with van der Waals surface area (Å²) in [5, 5.41) is 5.61. The van der Waals surface area contributed by atoms with Crippen LogP contribution in [-0.2, 0) is 4.79 Å². The van der Waals surface area contributed by atoms with Crippen LogP contribution in [0.5, 0.6) is 0 Å². The first-order valence-corrected chi connectivity index (χ1v) is 9.43. The topological polar surface area (TPSA) is 61.4 Å². The molecular weight excluding hydrogens is 334 g/mol. The van der Waals surface area contributed by atoms with E-state index < -0.39 is 0 Å². The van der Waals surface area contributed by atoms with E-state index in [0.717, 1.165) is 29.3 Å². The van der Waals surface area contributed by atoms with Crippen LogP contribution in [0.3, 0.4) is 0 Å². The lowest BCUT2D eigenvalue weighted by Crippen LogP contribution is -2.34. The lowest BCUT2D eigenvalue weighted by Gasteiger charge is -2.30. The largest absolute Gasteiger partial charge is 0.370 e. The van der Waals surface area contributed by atoms with Crippen LogP contribution in [0.4, 0.5) is 11.4 Å². The molecule has 3 rings (SSSR count). The molecule has 2 N–H and O–H groups in total. The number of amides is 2. The van der Waals surface area contributed by atoms with Crippen LogP contribution in [0, 0.1) is 6.92 Å². The Labute approximate surface area is 152 Å². The van der Waals surface area contributed by atoms with Crippen molar-refractivity contribution in [2.24, 2.45) is 0 Å². The van der Waals surface area contributed by atoms with Crippen molar-refractivity contribution in [1.29, 1.82) is 0 Å². The Hall–Kier alpha value is -2.34. The number of carbonyl (C=O) groups is 2. The molecule has 1 aliphatic rings. The van der Waals surface area contributed by atoms with Gasteiger partial charge < -0.3 is 15.5 Å². The van der Waals surface area contributed by atoms with Gasteiger partial charge in [0, 0.05) is 18.0 Å². The summed E-state index contributed by atoms with van der Waals surface area (Å²) in [6.45, 7) is 3.94. The van der Waals surface area contributed by atoms with Gasteiger partial charge in [0.05, 0.1) is 22.8 Å². The molecule has 1 aromatic carbocycles. The quantitative estimate of drug-likeness (QED) is 0.862. The van der Waals surface area contributed by atoms with Crippen molar-refractivity contribution < 1.29 is 9.59 Å². The van der Waals surface area contributed by atoms with Crippen molar-refractivity contribution in [3.63, 3.8) is 0 Å².